The third-order valence-corrected chi connectivity index (χ3v) is 2.66. The van der Waals surface area contributed by atoms with Gasteiger partial charge in [-0.05, 0) is 26.2 Å². The Kier molecular flexibility index (Phi) is 3.65. The van der Waals surface area contributed by atoms with Crippen LogP contribution in [0.2, 0.25) is 0 Å². The molecule has 0 N–H and O–H groups in total. The SMILES string of the molecule is CCC(C)OC1CCC(F)(F)CC1. The normalized spacial score (nSPS) is 25.8. The Balaban J connectivity index is 2.25. The van der Waals surface area contributed by atoms with E-state index in [1.165, 1.54) is 0 Å². The molecule has 0 aromatic rings. The molecule has 1 rings (SSSR count). The van der Waals surface area contributed by atoms with Crippen molar-refractivity contribution in [1.82, 2.24) is 0 Å². The molecule has 1 fully saturated rings. The highest BCUT2D eigenvalue weighted by Gasteiger charge is 2.35. The zero-order chi connectivity index (χ0) is 9.90. The molecule has 0 aromatic heterocycles. The fraction of sp³-hybridized carbons (Fsp3) is 1.00. The van der Waals surface area contributed by atoms with E-state index < -0.39 is 5.92 Å². The molecule has 78 valence electrons. The van der Waals surface area contributed by atoms with Crippen LogP contribution in [0, 0.1) is 0 Å². The van der Waals surface area contributed by atoms with E-state index in [1.807, 2.05) is 13.8 Å². The molecule has 3 heteroatoms. The molecule has 1 nitrogen and oxygen atoms in total. The van der Waals surface area contributed by atoms with Crippen molar-refractivity contribution in [3.8, 4) is 0 Å². The van der Waals surface area contributed by atoms with Crippen LogP contribution in [0.5, 0.6) is 0 Å². The molecule has 0 aliphatic heterocycles. The predicted molar refractivity (Wildman–Crippen MR) is 48.0 cm³/mol. The van der Waals surface area contributed by atoms with Crippen molar-refractivity contribution in [2.24, 2.45) is 0 Å². The first kappa shape index (κ1) is 10.9. The Hall–Kier alpha value is -0.180. The van der Waals surface area contributed by atoms with E-state index in [-0.39, 0.29) is 25.0 Å². The molecule has 0 bridgehead atoms. The van der Waals surface area contributed by atoms with Crippen LogP contribution in [0.25, 0.3) is 0 Å². The van der Waals surface area contributed by atoms with E-state index in [1.54, 1.807) is 0 Å². The quantitative estimate of drug-likeness (QED) is 0.666. The number of alkyl halides is 2. The number of hydrogen-bond acceptors (Lipinski definition) is 1. The van der Waals surface area contributed by atoms with Crippen LogP contribution in [0.4, 0.5) is 8.78 Å². The molecule has 0 saturated heterocycles. The average Bonchev–Trinajstić information content (AvgIpc) is 2.08. The molecule has 0 aromatic carbocycles. The first-order chi connectivity index (χ1) is 6.03. The molecule has 0 heterocycles. The van der Waals surface area contributed by atoms with Crippen LogP contribution in [0.3, 0.4) is 0 Å². The van der Waals surface area contributed by atoms with Gasteiger partial charge in [-0.25, -0.2) is 8.78 Å². The summed E-state index contributed by atoms with van der Waals surface area (Å²) in [5, 5.41) is 0. The topological polar surface area (TPSA) is 9.23 Å². The van der Waals surface area contributed by atoms with Crippen LogP contribution < -0.4 is 0 Å². The highest BCUT2D eigenvalue weighted by Crippen LogP contribution is 2.34. The molecule has 0 amide bonds. The van der Waals surface area contributed by atoms with Crippen molar-refractivity contribution in [2.45, 2.75) is 64.1 Å². The van der Waals surface area contributed by atoms with Gasteiger partial charge in [0.25, 0.3) is 0 Å². The summed E-state index contributed by atoms with van der Waals surface area (Å²) in [4.78, 5) is 0. The summed E-state index contributed by atoms with van der Waals surface area (Å²) >= 11 is 0. The minimum absolute atomic E-state index is 0.00585. The van der Waals surface area contributed by atoms with Gasteiger partial charge in [0.1, 0.15) is 0 Å². The Morgan fingerprint density at radius 2 is 1.92 bits per heavy atom. The highest BCUT2D eigenvalue weighted by atomic mass is 19.3. The minimum Gasteiger partial charge on any atom is -0.375 e. The second kappa shape index (κ2) is 4.36. The molecular formula is C10H18F2O. The lowest BCUT2D eigenvalue weighted by Gasteiger charge is -2.30. The minimum atomic E-state index is -2.44. The van der Waals surface area contributed by atoms with Crippen molar-refractivity contribution in [1.29, 1.82) is 0 Å². The van der Waals surface area contributed by atoms with Crippen molar-refractivity contribution in [3.63, 3.8) is 0 Å². The number of ether oxygens (including phenoxy) is 1. The maximum atomic E-state index is 12.7. The van der Waals surface area contributed by atoms with Gasteiger partial charge in [0, 0.05) is 12.8 Å². The Morgan fingerprint density at radius 3 is 2.38 bits per heavy atom. The van der Waals surface area contributed by atoms with Crippen molar-refractivity contribution < 1.29 is 13.5 Å². The van der Waals surface area contributed by atoms with Crippen LogP contribution in [0.15, 0.2) is 0 Å². The van der Waals surface area contributed by atoms with Gasteiger partial charge in [-0.2, -0.15) is 0 Å². The van der Waals surface area contributed by atoms with Crippen molar-refractivity contribution in [3.05, 3.63) is 0 Å². The van der Waals surface area contributed by atoms with Gasteiger partial charge in [0.15, 0.2) is 0 Å². The van der Waals surface area contributed by atoms with Gasteiger partial charge < -0.3 is 4.74 Å². The smallest absolute Gasteiger partial charge is 0.248 e. The monoisotopic (exact) mass is 192 g/mol. The Labute approximate surface area is 78.5 Å². The fourth-order valence-electron chi connectivity index (χ4n) is 1.57. The number of hydrogen-bond donors (Lipinski definition) is 0. The molecular weight excluding hydrogens is 174 g/mol. The van der Waals surface area contributed by atoms with Gasteiger partial charge >= 0.3 is 0 Å². The first-order valence-corrected chi connectivity index (χ1v) is 5.07. The van der Waals surface area contributed by atoms with Crippen LogP contribution in [-0.2, 0) is 4.74 Å². The lowest BCUT2D eigenvalue weighted by atomic mass is 9.94. The van der Waals surface area contributed by atoms with Crippen molar-refractivity contribution >= 4 is 0 Å². The largest absolute Gasteiger partial charge is 0.375 e. The summed E-state index contributed by atoms with van der Waals surface area (Å²) in [7, 11) is 0. The van der Waals surface area contributed by atoms with Crippen LogP contribution >= 0.6 is 0 Å². The van der Waals surface area contributed by atoms with Gasteiger partial charge in [-0.1, -0.05) is 6.92 Å². The molecule has 1 atom stereocenters. The van der Waals surface area contributed by atoms with Crippen LogP contribution in [0.1, 0.15) is 46.0 Å². The van der Waals surface area contributed by atoms with Gasteiger partial charge in [-0.3, -0.25) is 0 Å². The van der Waals surface area contributed by atoms with E-state index in [0.29, 0.717) is 12.8 Å². The maximum Gasteiger partial charge on any atom is 0.248 e. The molecule has 0 radical (unpaired) electrons. The molecule has 1 aliphatic carbocycles. The lowest BCUT2D eigenvalue weighted by Crippen LogP contribution is -2.31. The summed E-state index contributed by atoms with van der Waals surface area (Å²) in [6, 6.07) is 0. The van der Waals surface area contributed by atoms with Crippen LogP contribution in [-0.4, -0.2) is 18.1 Å². The third-order valence-electron chi connectivity index (χ3n) is 2.66. The standard InChI is InChI=1S/C10H18F2O/c1-3-8(2)13-9-4-6-10(11,12)7-5-9/h8-9H,3-7H2,1-2H3. The fourth-order valence-corrected chi connectivity index (χ4v) is 1.57. The molecule has 1 saturated carbocycles. The molecule has 1 aliphatic rings. The molecule has 0 spiro atoms. The predicted octanol–water partition coefficient (Wildman–Crippen LogP) is 3.38. The summed E-state index contributed by atoms with van der Waals surface area (Å²) < 4.78 is 31.1. The summed E-state index contributed by atoms with van der Waals surface area (Å²) in [5.74, 6) is -2.44. The van der Waals surface area contributed by atoms with E-state index >= 15 is 0 Å². The lowest BCUT2D eigenvalue weighted by molar-refractivity contribution is -0.0958. The van der Waals surface area contributed by atoms with Gasteiger partial charge in [0.05, 0.1) is 12.2 Å². The second-order valence-electron chi connectivity index (χ2n) is 3.91. The third kappa shape index (κ3) is 3.59. The summed E-state index contributed by atoms with van der Waals surface area (Å²) in [6.45, 7) is 4.04. The number of halogens is 2. The van der Waals surface area contributed by atoms with Gasteiger partial charge in [-0.15, -0.1) is 0 Å². The average molecular weight is 192 g/mol. The maximum absolute atomic E-state index is 12.7. The number of rotatable bonds is 3. The summed E-state index contributed by atoms with van der Waals surface area (Å²) in [6.07, 6.45) is 2.23. The Morgan fingerprint density at radius 1 is 1.38 bits per heavy atom. The van der Waals surface area contributed by atoms with E-state index in [4.69, 9.17) is 4.74 Å². The molecule has 1 unspecified atom stereocenters. The molecule has 13 heavy (non-hydrogen) atoms. The second-order valence-corrected chi connectivity index (χ2v) is 3.91. The Bertz CT molecular complexity index is 149. The zero-order valence-corrected chi connectivity index (χ0v) is 8.35. The van der Waals surface area contributed by atoms with Gasteiger partial charge in [0.2, 0.25) is 5.92 Å². The first-order valence-electron chi connectivity index (χ1n) is 5.07. The van der Waals surface area contributed by atoms with Crippen molar-refractivity contribution in [2.75, 3.05) is 0 Å². The highest BCUT2D eigenvalue weighted by molar-refractivity contribution is 4.78. The van der Waals surface area contributed by atoms with E-state index in [0.717, 1.165) is 6.42 Å². The summed E-state index contributed by atoms with van der Waals surface area (Å²) in [5.41, 5.74) is 0. The van der Waals surface area contributed by atoms with E-state index in [2.05, 4.69) is 0 Å². The van der Waals surface area contributed by atoms with E-state index in [9.17, 15) is 8.78 Å². The zero-order valence-electron chi connectivity index (χ0n) is 8.35.